The number of aromatic nitrogens is 2. The highest BCUT2D eigenvalue weighted by Crippen LogP contribution is 2.21. The molecule has 0 atom stereocenters. The number of ether oxygens (including phenoxy) is 1. The number of unbranched alkanes of at least 4 members (excludes halogenated alkanes) is 1. The zero-order valence-corrected chi connectivity index (χ0v) is 16.6. The first kappa shape index (κ1) is 21.4. The highest BCUT2D eigenvalue weighted by molar-refractivity contribution is 6.32. The van der Waals surface area contributed by atoms with Crippen molar-refractivity contribution in [1.82, 2.24) is 20.4 Å². The van der Waals surface area contributed by atoms with Crippen LogP contribution < -0.4 is 10.6 Å². The molecule has 1 aromatic carbocycles. The van der Waals surface area contributed by atoms with Crippen LogP contribution in [0.5, 0.6) is 0 Å². The lowest BCUT2D eigenvalue weighted by Gasteiger charge is -2.07. The van der Waals surface area contributed by atoms with E-state index in [4.69, 9.17) is 16.3 Å². The summed E-state index contributed by atoms with van der Waals surface area (Å²) in [5.41, 5.74) is 1.46. The minimum Gasteiger partial charge on any atom is -0.452 e. The van der Waals surface area contributed by atoms with Crippen LogP contribution in [-0.4, -0.2) is 40.8 Å². The Kier molecular flexibility index (Phi) is 8.01. The molecule has 0 saturated heterocycles. The number of hydrogen-bond donors (Lipinski definition) is 2. The van der Waals surface area contributed by atoms with Gasteiger partial charge in [-0.15, -0.1) is 0 Å². The monoisotopic (exact) mass is 406 g/mol. The zero-order chi connectivity index (χ0) is 20.5. The van der Waals surface area contributed by atoms with Gasteiger partial charge in [0.05, 0.1) is 12.2 Å². The molecule has 0 aliphatic heterocycles. The van der Waals surface area contributed by atoms with Crippen molar-refractivity contribution in [2.45, 2.75) is 33.2 Å². The van der Waals surface area contributed by atoms with Gasteiger partial charge in [0.2, 0.25) is 0 Å². The quantitative estimate of drug-likeness (QED) is 0.518. The highest BCUT2D eigenvalue weighted by atomic mass is 35.5. The van der Waals surface area contributed by atoms with E-state index in [1.54, 1.807) is 6.92 Å². The molecule has 0 spiro atoms. The molecule has 0 aliphatic rings. The van der Waals surface area contributed by atoms with Gasteiger partial charge in [0.15, 0.2) is 6.61 Å². The van der Waals surface area contributed by atoms with Crippen molar-refractivity contribution in [2.75, 3.05) is 13.2 Å². The van der Waals surface area contributed by atoms with Gasteiger partial charge in [-0.3, -0.25) is 10.1 Å². The highest BCUT2D eigenvalue weighted by Gasteiger charge is 2.22. The molecule has 2 rings (SSSR count). The van der Waals surface area contributed by atoms with E-state index < -0.39 is 24.5 Å². The number of nitrogens with zero attached hydrogens (tertiary/aromatic N) is 2. The summed E-state index contributed by atoms with van der Waals surface area (Å²) in [5.74, 6) is -1.50. The van der Waals surface area contributed by atoms with Gasteiger partial charge in [0.1, 0.15) is 10.7 Å². The lowest BCUT2D eigenvalue weighted by Crippen LogP contribution is -2.41. The summed E-state index contributed by atoms with van der Waals surface area (Å²) in [6.45, 7) is 3.88. The number of amides is 3. The van der Waals surface area contributed by atoms with Crippen molar-refractivity contribution in [3.8, 4) is 0 Å². The summed E-state index contributed by atoms with van der Waals surface area (Å²) in [4.78, 5) is 35.6. The first-order valence-corrected chi connectivity index (χ1v) is 9.31. The maximum absolute atomic E-state index is 12.3. The molecule has 0 radical (unpaired) electrons. The van der Waals surface area contributed by atoms with Gasteiger partial charge in [0.25, 0.3) is 5.91 Å². The van der Waals surface area contributed by atoms with Crippen molar-refractivity contribution in [1.29, 1.82) is 0 Å². The summed E-state index contributed by atoms with van der Waals surface area (Å²) in [6, 6.07) is 8.90. The molecule has 9 heteroatoms. The smallest absolute Gasteiger partial charge is 0.343 e. The Morgan fingerprint density at radius 2 is 1.93 bits per heavy atom. The Labute approximate surface area is 168 Å². The first-order chi connectivity index (χ1) is 13.4. The maximum Gasteiger partial charge on any atom is 0.343 e. The van der Waals surface area contributed by atoms with Crippen LogP contribution in [0, 0.1) is 6.92 Å². The summed E-state index contributed by atoms with van der Waals surface area (Å²) >= 11 is 6.28. The van der Waals surface area contributed by atoms with Crippen molar-refractivity contribution in [3.05, 3.63) is 52.3 Å². The molecular formula is C19H23ClN4O4. The summed E-state index contributed by atoms with van der Waals surface area (Å²) < 4.78 is 6.46. The number of carbonyl (C=O) groups is 3. The fraction of sp³-hybridized carbons (Fsp3) is 0.368. The Morgan fingerprint density at radius 1 is 1.21 bits per heavy atom. The van der Waals surface area contributed by atoms with Crippen LogP contribution in [-0.2, 0) is 16.1 Å². The van der Waals surface area contributed by atoms with Gasteiger partial charge in [-0.1, -0.05) is 55.3 Å². The summed E-state index contributed by atoms with van der Waals surface area (Å²) in [5, 5.41) is 9.02. The second kappa shape index (κ2) is 10.5. The number of nitrogens with one attached hydrogen (secondary N) is 2. The largest absolute Gasteiger partial charge is 0.452 e. The van der Waals surface area contributed by atoms with Gasteiger partial charge in [0, 0.05) is 6.54 Å². The van der Waals surface area contributed by atoms with Gasteiger partial charge in [-0.05, 0) is 18.9 Å². The van der Waals surface area contributed by atoms with Crippen LogP contribution in [0.1, 0.15) is 41.4 Å². The summed E-state index contributed by atoms with van der Waals surface area (Å²) in [6.07, 6.45) is 1.73. The molecule has 28 heavy (non-hydrogen) atoms. The maximum atomic E-state index is 12.3. The number of imide groups is 1. The number of hydrogen-bond acceptors (Lipinski definition) is 5. The van der Waals surface area contributed by atoms with E-state index in [0.29, 0.717) is 18.8 Å². The molecule has 1 aromatic heterocycles. The number of esters is 1. The molecule has 0 saturated carbocycles. The number of benzene rings is 1. The van der Waals surface area contributed by atoms with E-state index >= 15 is 0 Å². The van der Waals surface area contributed by atoms with Crippen LogP contribution in [0.4, 0.5) is 4.79 Å². The third-order valence-electron chi connectivity index (χ3n) is 3.85. The fourth-order valence-corrected chi connectivity index (χ4v) is 2.75. The molecule has 1 heterocycles. The van der Waals surface area contributed by atoms with Gasteiger partial charge in [-0.2, -0.15) is 5.10 Å². The lowest BCUT2D eigenvalue weighted by atomic mass is 10.2. The van der Waals surface area contributed by atoms with Crippen LogP contribution >= 0.6 is 11.6 Å². The van der Waals surface area contributed by atoms with E-state index in [1.807, 2.05) is 37.3 Å². The van der Waals surface area contributed by atoms with Crippen molar-refractivity contribution in [3.63, 3.8) is 0 Å². The molecule has 2 aromatic rings. The average molecular weight is 407 g/mol. The Morgan fingerprint density at radius 3 is 2.61 bits per heavy atom. The van der Waals surface area contributed by atoms with Crippen LogP contribution in [0.25, 0.3) is 0 Å². The molecule has 150 valence electrons. The number of urea groups is 1. The molecule has 0 bridgehead atoms. The van der Waals surface area contributed by atoms with E-state index in [1.165, 1.54) is 4.68 Å². The molecule has 0 aliphatic carbocycles. The molecule has 0 fully saturated rings. The van der Waals surface area contributed by atoms with Gasteiger partial charge < -0.3 is 10.1 Å². The topological polar surface area (TPSA) is 102 Å². The van der Waals surface area contributed by atoms with Crippen LogP contribution in [0.2, 0.25) is 5.15 Å². The van der Waals surface area contributed by atoms with Crippen molar-refractivity contribution in [2.24, 2.45) is 0 Å². The minimum atomic E-state index is -0.775. The standard InChI is InChI=1S/C19H23ClN4O4/c1-3-4-10-21-19(27)22-15(25)12-28-18(26)16-13(2)23-24(17(16)20)11-14-8-6-5-7-9-14/h5-9H,3-4,10-12H2,1-2H3,(H2,21,22,25,27). The minimum absolute atomic E-state index is 0.0952. The number of rotatable bonds is 8. The van der Waals surface area contributed by atoms with Crippen molar-refractivity contribution < 1.29 is 19.1 Å². The molecule has 3 amide bonds. The molecular weight excluding hydrogens is 384 g/mol. The van der Waals surface area contributed by atoms with Gasteiger partial charge in [-0.25, -0.2) is 14.3 Å². The average Bonchev–Trinajstić information content (AvgIpc) is 2.94. The molecule has 8 nitrogen and oxygen atoms in total. The number of halogens is 1. The van der Waals surface area contributed by atoms with E-state index in [9.17, 15) is 14.4 Å². The van der Waals surface area contributed by atoms with E-state index in [2.05, 4.69) is 15.7 Å². The molecule has 0 unspecified atom stereocenters. The van der Waals surface area contributed by atoms with Crippen LogP contribution in [0.15, 0.2) is 30.3 Å². The second-order valence-electron chi connectivity index (χ2n) is 6.13. The summed E-state index contributed by atoms with van der Waals surface area (Å²) in [7, 11) is 0. The number of aryl methyl sites for hydroxylation is 1. The molecule has 2 N–H and O–H groups in total. The first-order valence-electron chi connectivity index (χ1n) is 8.94. The number of carbonyl (C=O) groups excluding carboxylic acids is 3. The third-order valence-corrected chi connectivity index (χ3v) is 4.23. The van der Waals surface area contributed by atoms with E-state index in [0.717, 1.165) is 18.4 Å². The predicted molar refractivity (Wildman–Crippen MR) is 104 cm³/mol. The van der Waals surface area contributed by atoms with Crippen molar-refractivity contribution >= 4 is 29.5 Å². The Bertz CT molecular complexity index is 836. The fourth-order valence-electron chi connectivity index (χ4n) is 2.44. The van der Waals surface area contributed by atoms with E-state index in [-0.39, 0.29) is 10.7 Å². The Hall–Kier alpha value is -2.87. The second-order valence-corrected chi connectivity index (χ2v) is 6.49. The zero-order valence-electron chi connectivity index (χ0n) is 15.8. The van der Waals surface area contributed by atoms with Gasteiger partial charge >= 0.3 is 12.0 Å². The third kappa shape index (κ3) is 6.09. The predicted octanol–water partition coefficient (Wildman–Crippen LogP) is 2.68. The SMILES string of the molecule is CCCCNC(=O)NC(=O)COC(=O)c1c(C)nn(Cc2ccccc2)c1Cl. The normalized spacial score (nSPS) is 10.4. The van der Waals surface area contributed by atoms with Crippen LogP contribution in [0.3, 0.4) is 0 Å². The lowest BCUT2D eigenvalue weighted by molar-refractivity contribution is -0.123. The Balaban J connectivity index is 1.92.